The quantitative estimate of drug-likeness (QED) is 0.713. The molecule has 0 spiro atoms. The van der Waals surface area contributed by atoms with E-state index < -0.39 is 0 Å². The third-order valence-corrected chi connectivity index (χ3v) is 4.52. The third-order valence-electron chi connectivity index (χ3n) is 4.52. The van der Waals surface area contributed by atoms with Crippen molar-refractivity contribution in [2.45, 2.75) is 32.7 Å². The van der Waals surface area contributed by atoms with Crippen molar-refractivity contribution in [1.29, 1.82) is 0 Å². The molecule has 1 atom stereocenters. The highest BCUT2D eigenvalue weighted by molar-refractivity contribution is 5.84. The summed E-state index contributed by atoms with van der Waals surface area (Å²) in [6, 6.07) is 17.2. The minimum Gasteiger partial charge on any atom is -0.355 e. The zero-order valence-electron chi connectivity index (χ0n) is 15.1. The van der Waals surface area contributed by atoms with Crippen molar-refractivity contribution < 1.29 is 9.59 Å². The number of amides is 1. The summed E-state index contributed by atoms with van der Waals surface area (Å²) in [5, 5.41) is 2.94. The van der Waals surface area contributed by atoms with Gasteiger partial charge in [-0.1, -0.05) is 42.5 Å². The third kappa shape index (κ3) is 3.99. The zero-order chi connectivity index (χ0) is 18.5. The molecule has 26 heavy (non-hydrogen) atoms. The first-order chi connectivity index (χ1) is 12.6. The summed E-state index contributed by atoms with van der Waals surface area (Å²) < 4.78 is 1.97. The van der Waals surface area contributed by atoms with Crippen molar-refractivity contribution in [3.63, 3.8) is 0 Å². The van der Waals surface area contributed by atoms with Gasteiger partial charge in [0.15, 0.2) is 5.78 Å². The molecule has 3 rings (SSSR count). The van der Waals surface area contributed by atoms with Crippen LogP contribution in [0.2, 0.25) is 0 Å². The van der Waals surface area contributed by atoms with Crippen LogP contribution in [0.15, 0.2) is 54.6 Å². The Morgan fingerprint density at radius 2 is 1.77 bits per heavy atom. The van der Waals surface area contributed by atoms with Gasteiger partial charge >= 0.3 is 0 Å². The number of nitrogens with one attached hydrogen (secondary N) is 1. The number of rotatable bonds is 7. The van der Waals surface area contributed by atoms with Crippen LogP contribution in [0.1, 0.15) is 31.3 Å². The Labute approximate surface area is 153 Å². The van der Waals surface area contributed by atoms with Gasteiger partial charge in [0.25, 0.3) is 0 Å². The lowest BCUT2D eigenvalue weighted by Crippen LogP contribution is -2.28. The second kappa shape index (κ2) is 7.95. The molecule has 134 valence electrons. The van der Waals surface area contributed by atoms with Gasteiger partial charge < -0.3 is 9.88 Å². The van der Waals surface area contributed by atoms with Gasteiger partial charge in [-0.2, -0.15) is 0 Å². The fraction of sp³-hybridized carbons (Fsp3) is 0.286. The van der Waals surface area contributed by atoms with Crippen LogP contribution in [-0.2, 0) is 22.4 Å². The monoisotopic (exact) mass is 349 g/mol. The van der Waals surface area contributed by atoms with Crippen molar-refractivity contribution >= 4 is 22.7 Å². The summed E-state index contributed by atoms with van der Waals surface area (Å²) in [6.07, 6.45) is 0.938. The molecule has 1 amide bonds. The lowest BCUT2D eigenvalue weighted by molar-refractivity contribution is -0.121. The number of ketones is 1. The second-order valence-corrected chi connectivity index (χ2v) is 6.44. The van der Waals surface area contributed by atoms with Gasteiger partial charge in [-0.15, -0.1) is 0 Å². The Morgan fingerprint density at radius 3 is 2.50 bits per heavy atom. The van der Waals surface area contributed by atoms with E-state index in [2.05, 4.69) is 10.3 Å². The fourth-order valence-corrected chi connectivity index (χ4v) is 3.04. The first-order valence-corrected chi connectivity index (χ1v) is 8.83. The Hall–Kier alpha value is -2.95. The predicted octanol–water partition coefficient (Wildman–Crippen LogP) is 3.09. The van der Waals surface area contributed by atoms with Gasteiger partial charge in [-0.05, 0) is 31.5 Å². The molecular weight excluding hydrogens is 326 g/mol. The summed E-state index contributed by atoms with van der Waals surface area (Å²) in [6.45, 7) is 3.96. The van der Waals surface area contributed by atoms with Gasteiger partial charge in [0.2, 0.25) is 5.91 Å². The van der Waals surface area contributed by atoms with E-state index in [0.717, 1.165) is 22.4 Å². The molecule has 0 saturated heterocycles. The number of nitrogens with zero attached hydrogens (tertiary/aromatic N) is 2. The maximum Gasteiger partial charge on any atom is 0.224 e. The number of benzene rings is 2. The molecule has 5 heteroatoms. The van der Waals surface area contributed by atoms with Crippen LogP contribution in [0, 0.1) is 0 Å². The van der Waals surface area contributed by atoms with Crippen LogP contribution >= 0.6 is 0 Å². The zero-order valence-corrected chi connectivity index (χ0v) is 15.1. The number of hydrogen-bond donors (Lipinski definition) is 1. The number of aromatic nitrogens is 2. The van der Waals surface area contributed by atoms with Crippen LogP contribution in [0.4, 0.5) is 0 Å². The van der Waals surface area contributed by atoms with E-state index in [1.165, 1.54) is 0 Å². The van der Waals surface area contributed by atoms with Gasteiger partial charge in [-0.25, -0.2) is 4.98 Å². The molecule has 3 aromatic rings. The number of carbonyl (C=O) groups excluding carboxylic acids is 2. The minimum absolute atomic E-state index is 0.0153. The lowest BCUT2D eigenvalue weighted by Gasteiger charge is -2.15. The lowest BCUT2D eigenvalue weighted by atomic mass is 10.1. The standard InChI is InChI=1S/C21H23N3O2/c1-15(16(2)25)24-19-11-7-6-10-18(19)23-20(24)12-13-22-21(26)14-17-8-4-3-5-9-17/h3-11,15H,12-14H2,1-2H3,(H,22,26). The highest BCUT2D eigenvalue weighted by Gasteiger charge is 2.18. The van der Waals surface area contributed by atoms with E-state index in [-0.39, 0.29) is 17.7 Å². The van der Waals surface area contributed by atoms with E-state index >= 15 is 0 Å². The molecule has 0 aliphatic rings. The molecule has 0 saturated carbocycles. The Morgan fingerprint density at radius 1 is 1.08 bits per heavy atom. The summed E-state index contributed by atoms with van der Waals surface area (Å²) >= 11 is 0. The van der Waals surface area contributed by atoms with E-state index in [9.17, 15) is 9.59 Å². The molecule has 2 aromatic carbocycles. The van der Waals surface area contributed by atoms with E-state index in [4.69, 9.17) is 0 Å². The van der Waals surface area contributed by atoms with E-state index in [1.54, 1.807) is 6.92 Å². The molecule has 1 heterocycles. The molecule has 0 fully saturated rings. The summed E-state index contributed by atoms with van der Waals surface area (Å²) in [5.74, 6) is 0.884. The van der Waals surface area contributed by atoms with Crippen LogP contribution in [-0.4, -0.2) is 27.8 Å². The number of imidazole rings is 1. The van der Waals surface area contributed by atoms with Crippen molar-refractivity contribution in [3.05, 3.63) is 66.0 Å². The minimum atomic E-state index is -0.280. The molecule has 0 aliphatic carbocycles. The van der Waals surface area contributed by atoms with Gasteiger partial charge in [0.05, 0.1) is 23.5 Å². The van der Waals surface area contributed by atoms with Crippen LogP contribution in [0.5, 0.6) is 0 Å². The van der Waals surface area contributed by atoms with Gasteiger partial charge in [0, 0.05) is 13.0 Å². The summed E-state index contributed by atoms with van der Waals surface area (Å²) in [5.41, 5.74) is 2.80. The SMILES string of the molecule is CC(=O)C(C)n1c(CCNC(=O)Cc2ccccc2)nc2ccccc21. The van der Waals surface area contributed by atoms with E-state index in [1.807, 2.05) is 66.1 Å². The number of Topliss-reactive ketones (excluding diaryl/α,β-unsaturated/α-hetero) is 1. The highest BCUT2D eigenvalue weighted by atomic mass is 16.1. The Balaban J connectivity index is 1.69. The van der Waals surface area contributed by atoms with Crippen molar-refractivity contribution in [2.75, 3.05) is 6.54 Å². The second-order valence-electron chi connectivity index (χ2n) is 6.44. The maximum absolute atomic E-state index is 12.1. The Bertz CT molecular complexity index is 915. The molecule has 0 bridgehead atoms. The van der Waals surface area contributed by atoms with Crippen LogP contribution in [0.3, 0.4) is 0 Å². The topological polar surface area (TPSA) is 64.0 Å². The smallest absolute Gasteiger partial charge is 0.224 e. The van der Waals surface area contributed by atoms with E-state index in [0.29, 0.717) is 19.4 Å². The van der Waals surface area contributed by atoms with Crippen LogP contribution < -0.4 is 5.32 Å². The van der Waals surface area contributed by atoms with Crippen molar-refractivity contribution in [2.24, 2.45) is 0 Å². The van der Waals surface area contributed by atoms with Gasteiger partial charge in [0.1, 0.15) is 5.82 Å². The first kappa shape index (κ1) is 17.9. The van der Waals surface area contributed by atoms with Crippen molar-refractivity contribution in [3.8, 4) is 0 Å². The number of carbonyl (C=O) groups is 2. The molecule has 1 aromatic heterocycles. The normalized spacial score (nSPS) is 12.1. The largest absolute Gasteiger partial charge is 0.355 e. The first-order valence-electron chi connectivity index (χ1n) is 8.83. The molecular formula is C21H23N3O2. The predicted molar refractivity (Wildman–Crippen MR) is 102 cm³/mol. The summed E-state index contributed by atoms with van der Waals surface area (Å²) in [7, 11) is 0. The number of fused-ring (bicyclic) bond motifs is 1. The molecule has 1 N–H and O–H groups in total. The average molecular weight is 349 g/mol. The number of para-hydroxylation sites is 2. The number of hydrogen-bond acceptors (Lipinski definition) is 3. The molecule has 0 radical (unpaired) electrons. The molecule has 1 unspecified atom stereocenters. The average Bonchev–Trinajstić information content (AvgIpc) is 3.00. The Kier molecular flexibility index (Phi) is 5.46. The fourth-order valence-electron chi connectivity index (χ4n) is 3.04. The maximum atomic E-state index is 12.1. The van der Waals surface area contributed by atoms with Gasteiger partial charge in [-0.3, -0.25) is 9.59 Å². The molecule has 0 aliphatic heterocycles. The van der Waals surface area contributed by atoms with Crippen LogP contribution in [0.25, 0.3) is 11.0 Å². The van der Waals surface area contributed by atoms with Crippen molar-refractivity contribution in [1.82, 2.24) is 14.9 Å². The summed E-state index contributed by atoms with van der Waals surface area (Å²) in [4.78, 5) is 28.7. The molecule has 5 nitrogen and oxygen atoms in total. The highest BCUT2D eigenvalue weighted by Crippen LogP contribution is 2.22.